The predicted molar refractivity (Wildman–Crippen MR) is 83.3 cm³/mol. The van der Waals surface area contributed by atoms with Gasteiger partial charge in [0.1, 0.15) is 0 Å². The van der Waals surface area contributed by atoms with Crippen molar-refractivity contribution in [1.82, 2.24) is 5.32 Å². The molecule has 1 amide bonds. The number of aliphatic hydroxyl groups excluding tert-OH is 1. The van der Waals surface area contributed by atoms with Crippen LogP contribution in [0.4, 0.5) is 0 Å². The summed E-state index contributed by atoms with van der Waals surface area (Å²) < 4.78 is 0. The summed E-state index contributed by atoms with van der Waals surface area (Å²) in [7, 11) is 0. The molecule has 0 aromatic heterocycles. The van der Waals surface area contributed by atoms with Crippen molar-refractivity contribution >= 4 is 17.5 Å². The van der Waals surface area contributed by atoms with E-state index in [0.29, 0.717) is 11.6 Å². The maximum atomic E-state index is 12.7. The summed E-state index contributed by atoms with van der Waals surface area (Å²) in [5.74, 6) is 0.325. The Morgan fingerprint density at radius 1 is 1.24 bits per heavy atom. The number of rotatable bonds is 4. The fourth-order valence-corrected chi connectivity index (χ4v) is 3.72. The molecule has 2 fully saturated rings. The Balaban J connectivity index is 1.67. The predicted octanol–water partition coefficient (Wildman–Crippen LogP) is 3.04. The van der Waals surface area contributed by atoms with Crippen LogP contribution in [0.2, 0.25) is 5.02 Å². The monoisotopic (exact) mass is 307 g/mol. The minimum atomic E-state index is -0.381. The van der Waals surface area contributed by atoms with Crippen molar-refractivity contribution in [3.8, 4) is 0 Å². The standard InChI is InChI=1S/C17H22ClNO2/c18-14-7-5-13(6-8-14)17(9-2-10-17)16(21)19-11-12-3-1-4-15(12)20/h5-8,12,15,20H,1-4,9-11H2,(H,19,21). The molecule has 2 aliphatic carbocycles. The van der Waals surface area contributed by atoms with Crippen LogP contribution in [0.25, 0.3) is 0 Å². The second-order valence-corrected chi connectivity index (χ2v) is 6.85. The van der Waals surface area contributed by atoms with Gasteiger partial charge in [0.15, 0.2) is 0 Å². The molecule has 1 aromatic carbocycles. The molecule has 0 saturated heterocycles. The van der Waals surface area contributed by atoms with Gasteiger partial charge in [0.05, 0.1) is 11.5 Å². The van der Waals surface area contributed by atoms with Crippen LogP contribution in [-0.4, -0.2) is 23.7 Å². The van der Waals surface area contributed by atoms with E-state index < -0.39 is 0 Å². The van der Waals surface area contributed by atoms with Gasteiger partial charge in [0.2, 0.25) is 5.91 Å². The molecule has 2 N–H and O–H groups in total. The Labute approximate surface area is 130 Å². The van der Waals surface area contributed by atoms with Crippen molar-refractivity contribution in [2.45, 2.75) is 50.0 Å². The van der Waals surface area contributed by atoms with Crippen LogP contribution in [0.5, 0.6) is 0 Å². The molecular formula is C17H22ClNO2. The molecule has 4 heteroatoms. The summed E-state index contributed by atoms with van der Waals surface area (Å²) in [6.07, 6.45) is 5.56. The number of amides is 1. The number of hydrogen-bond donors (Lipinski definition) is 2. The van der Waals surface area contributed by atoms with E-state index in [1.165, 1.54) is 0 Å². The number of carbonyl (C=O) groups excluding carboxylic acids is 1. The normalized spacial score (nSPS) is 27.1. The van der Waals surface area contributed by atoms with Crippen molar-refractivity contribution in [3.63, 3.8) is 0 Å². The van der Waals surface area contributed by atoms with Crippen LogP contribution in [0.15, 0.2) is 24.3 Å². The molecule has 3 rings (SSSR count). The van der Waals surface area contributed by atoms with Crippen molar-refractivity contribution in [1.29, 1.82) is 0 Å². The molecule has 0 radical (unpaired) electrons. The first kappa shape index (κ1) is 14.9. The highest BCUT2D eigenvalue weighted by atomic mass is 35.5. The number of halogens is 1. The van der Waals surface area contributed by atoms with Gasteiger partial charge in [0, 0.05) is 17.5 Å². The lowest BCUT2D eigenvalue weighted by Gasteiger charge is -2.41. The van der Waals surface area contributed by atoms with Crippen LogP contribution < -0.4 is 5.32 Å². The highest BCUT2D eigenvalue weighted by molar-refractivity contribution is 6.30. The number of benzene rings is 1. The summed E-state index contributed by atoms with van der Waals surface area (Å²) in [6, 6.07) is 7.63. The first-order valence-electron chi connectivity index (χ1n) is 7.84. The fraction of sp³-hybridized carbons (Fsp3) is 0.588. The fourth-order valence-electron chi connectivity index (χ4n) is 3.59. The van der Waals surface area contributed by atoms with Gasteiger partial charge in [-0.2, -0.15) is 0 Å². The van der Waals surface area contributed by atoms with Gasteiger partial charge in [-0.25, -0.2) is 0 Å². The van der Waals surface area contributed by atoms with Crippen LogP contribution >= 0.6 is 11.6 Å². The van der Waals surface area contributed by atoms with E-state index in [-0.39, 0.29) is 23.3 Å². The lowest BCUT2D eigenvalue weighted by molar-refractivity contribution is -0.130. The molecule has 1 aromatic rings. The minimum absolute atomic E-state index is 0.107. The summed E-state index contributed by atoms with van der Waals surface area (Å²) in [5.41, 5.74) is 0.677. The average molecular weight is 308 g/mol. The van der Waals surface area contributed by atoms with E-state index in [2.05, 4.69) is 5.32 Å². The first-order valence-corrected chi connectivity index (χ1v) is 8.22. The number of carbonyl (C=O) groups is 1. The van der Waals surface area contributed by atoms with E-state index in [1.54, 1.807) is 0 Å². The summed E-state index contributed by atoms with van der Waals surface area (Å²) in [6.45, 7) is 0.593. The van der Waals surface area contributed by atoms with Gasteiger partial charge in [-0.1, -0.05) is 36.6 Å². The zero-order valence-electron chi connectivity index (χ0n) is 12.1. The molecule has 3 nitrogen and oxygen atoms in total. The molecule has 114 valence electrons. The number of nitrogens with one attached hydrogen (secondary N) is 1. The molecule has 0 heterocycles. The molecule has 2 saturated carbocycles. The minimum Gasteiger partial charge on any atom is -0.393 e. The highest BCUT2D eigenvalue weighted by Crippen LogP contribution is 2.44. The zero-order valence-corrected chi connectivity index (χ0v) is 12.9. The molecule has 2 atom stereocenters. The second kappa shape index (κ2) is 5.98. The van der Waals surface area contributed by atoms with Crippen LogP contribution in [0.1, 0.15) is 44.1 Å². The largest absolute Gasteiger partial charge is 0.393 e. The van der Waals surface area contributed by atoms with Gasteiger partial charge in [-0.3, -0.25) is 4.79 Å². The molecule has 2 aliphatic rings. The van der Waals surface area contributed by atoms with Crippen molar-refractivity contribution < 1.29 is 9.90 Å². The van der Waals surface area contributed by atoms with Gasteiger partial charge in [-0.05, 0) is 43.4 Å². The first-order chi connectivity index (χ1) is 10.1. The Bertz CT molecular complexity index is 510. The Hall–Kier alpha value is -1.06. The SMILES string of the molecule is O=C(NCC1CCCC1O)C1(c2ccc(Cl)cc2)CCC1. The third-order valence-corrected chi connectivity index (χ3v) is 5.43. The maximum Gasteiger partial charge on any atom is 0.230 e. The molecule has 0 aliphatic heterocycles. The van der Waals surface area contributed by atoms with Crippen LogP contribution in [0.3, 0.4) is 0 Å². The molecule has 2 unspecified atom stereocenters. The second-order valence-electron chi connectivity index (χ2n) is 6.41. The Kier molecular flexibility index (Phi) is 4.23. The molecule has 0 spiro atoms. The van der Waals surface area contributed by atoms with E-state index >= 15 is 0 Å². The Morgan fingerprint density at radius 2 is 1.95 bits per heavy atom. The number of aliphatic hydroxyl groups is 1. The van der Waals surface area contributed by atoms with Crippen LogP contribution in [-0.2, 0) is 10.2 Å². The summed E-state index contributed by atoms with van der Waals surface area (Å²) >= 11 is 5.94. The van der Waals surface area contributed by atoms with Crippen LogP contribution in [0, 0.1) is 5.92 Å². The maximum absolute atomic E-state index is 12.7. The van der Waals surface area contributed by atoms with E-state index in [4.69, 9.17) is 11.6 Å². The van der Waals surface area contributed by atoms with Crippen molar-refractivity contribution in [2.24, 2.45) is 5.92 Å². The summed E-state index contributed by atoms with van der Waals surface area (Å²) in [4.78, 5) is 12.7. The quantitative estimate of drug-likeness (QED) is 0.898. The molecular weight excluding hydrogens is 286 g/mol. The topological polar surface area (TPSA) is 49.3 Å². The lowest BCUT2D eigenvalue weighted by Crippen LogP contribution is -2.50. The third-order valence-electron chi connectivity index (χ3n) is 5.18. The highest BCUT2D eigenvalue weighted by Gasteiger charge is 2.45. The van der Waals surface area contributed by atoms with E-state index in [9.17, 15) is 9.90 Å². The van der Waals surface area contributed by atoms with E-state index in [0.717, 1.165) is 44.1 Å². The van der Waals surface area contributed by atoms with Gasteiger partial charge < -0.3 is 10.4 Å². The summed E-state index contributed by atoms with van der Waals surface area (Å²) in [5, 5.41) is 13.6. The van der Waals surface area contributed by atoms with Gasteiger partial charge in [-0.15, -0.1) is 0 Å². The van der Waals surface area contributed by atoms with Crippen molar-refractivity contribution in [2.75, 3.05) is 6.54 Å². The van der Waals surface area contributed by atoms with Gasteiger partial charge >= 0.3 is 0 Å². The van der Waals surface area contributed by atoms with Crippen molar-refractivity contribution in [3.05, 3.63) is 34.9 Å². The molecule has 21 heavy (non-hydrogen) atoms. The molecule has 0 bridgehead atoms. The van der Waals surface area contributed by atoms with Gasteiger partial charge in [0.25, 0.3) is 0 Å². The van der Waals surface area contributed by atoms with E-state index in [1.807, 2.05) is 24.3 Å². The Morgan fingerprint density at radius 3 is 2.48 bits per heavy atom. The average Bonchev–Trinajstić information content (AvgIpc) is 2.83. The third kappa shape index (κ3) is 2.82. The zero-order chi connectivity index (χ0) is 14.9. The smallest absolute Gasteiger partial charge is 0.230 e. The number of hydrogen-bond acceptors (Lipinski definition) is 2. The lowest BCUT2D eigenvalue weighted by atomic mass is 9.64.